The minimum atomic E-state index is -0.243. The minimum absolute atomic E-state index is 0.243. The largest absolute Gasteiger partial charge is 0.241 e. The summed E-state index contributed by atoms with van der Waals surface area (Å²) in [5, 5.41) is 4.34. The highest BCUT2D eigenvalue weighted by molar-refractivity contribution is 9.10. The fourth-order valence-electron chi connectivity index (χ4n) is 2.08. The Bertz CT molecular complexity index is 756. The molecule has 5 heteroatoms. The van der Waals surface area contributed by atoms with Gasteiger partial charge in [0.25, 0.3) is 0 Å². The Hall–Kier alpha value is -1.46. The third-order valence-electron chi connectivity index (χ3n) is 3.15. The van der Waals surface area contributed by atoms with Crippen LogP contribution < -0.4 is 0 Å². The second-order valence-corrected chi connectivity index (χ2v) is 6.41. The predicted molar refractivity (Wildman–Crippen MR) is 88.4 cm³/mol. The van der Waals surface area contributed by atoms with Gasteiger partial charge in [0.05, 0.1) is 16.7 Å². The van der Waals surface area contributed by atoms with Crippen LogP contribution in [0.3, 0.4) is 0 Å². The van der Waals surface area contributed by atoms with Crippen molar-refractivity contribution in [2.45, 2.75) is 4.83 Å². The molecule has 0 spiro atoms. The molecule has 3 rings (SSSR count). The number of hydrogen-bond acceptors (Lipinski definition) is 1. The molecule has 3 aromatic rings. The summed E-state index contributed by atoms with van der Waals surface area (Å²) in [6.45, 7) is 0. The van der Waals surface area contributed by atoms with E-state index in [1.165, 1.54) is 6.07 Å². The smallest absolute Gasteiger partial charge is 0.127 e. The van der Waals surface area contributed by atoms with Gasteiger partial charge in [-0.1, -0.05) is 50.1 Å². The molecule has 0 bridgehead atoms. The molecule has 1 aromatic heterocycles. The first-order valence-corrected chi connectivity index (χ1v) is 8.05. The third kappa shape index (κ3) is 3.09. The van der Waals surface area contributed by atoms with Gasteiger partial charge in [0.2, 0.25) is 0 Å². The second-order valence-electron chi connectivity index (χ2n) is 4.58. The van der Waals surface area contributed by atoms with Crippen LogP contribution in [0.4, 0.5) is 4.39 Å². The molecular formula is C16H11Br2FN2. The highest BCUT2D eigenvalue weighted by Crippen LogP contribution is 2.34. The number of halogens is 3. The van der Waals surface area contributed by atoms with E-state index in [1.54, 1.807) is 23.0 Å². The molecule has 2 nitrogen and oxygen atoms in total. The van der Waals surface area contributed by atoms with E-state index in [-0.39, 0.29) is 10.6 Å². The molecule has 21 heavy (non-hydrogen) atoms. The fraction of sp³-hybridized carbons (Fsp3) is 0.0625. The Morgan fingerprint density at radius 1 is 1.10 bits per heavy atom. The van der Waals surface area contributed by atoms with E-state index in [4.69, 9.17) is 0 Å². The number of alkyl halides is 1. The summed E-state index contributed by atoms with van der Waals surface area (Å²) < 4.78 is 16.6. The maximum absolute atomic E-state index is 14.0. The van der Waals surface area contributed by atoms with Crippen LogP contribution in [0.2, 0.25) is 0 Å². The molecule has 0 radical (unpaired) electrons. The van der Waals surface area contributed by atoms with Gasteiger partial charge in [0.15, 0.2) is 0 Å². The van der Waals surface area contributed by atoms with Crippen LogP contribution in [0.15, 0.2) is 65.4 Å². The van der Waals surface area contributed by atoms with E-state index < -0.39 is 0 Å². The van der Waals surface area contributed by atoms with Crippen molar-refractivity contribution in [3.8, 4) is 5.69 Å². The number of para-hydroxylation sites is 1. The Kier molecular flexibility index (Phi) is 4.22. The molecule has 0 N–H and O–H groups in total. The molecule has 0 saturated carbocycles. The maximum atomic E-state index is 14.0. The number of hydrogen-bond donors (Lipinski definition) is 0. The quantitative estimate of drug-likeness (QED) is 0.539. The van der Waals surface area contributed by atoms with Crippen LogP contribution in [-0.2, 0) is 0 Å². The van der Waals surface area contributed by atoms with Gasteiger partial charge >= 0.3 is 0 Å². The van der Waals surface area contributed by atoms with E-state index in [1.807, 2.05) is 36.5 Å². The monoisotopic (exact) mass is 408 g/mol. The molecule has 0 saturated heterocycles. The van der Waals surface area contributed by atoms with Crippen LogP contribution in [0.25, 0.3) is 5.69 Å². The molecule has 0 fully saturated rings. The molecule has 1 unspecified atom stereocenters. The number of aromatic nitrogens is 2. The van der Waals surface area contributed by atoms with Crippen LogP contribution in [-0.4, -0.2) is 9.78 Å². The lowest BCUT2D eigenvalue weighted by Gasteiger charge is -2.09. The van der Waals surface area contributed by atoms with Gasteiger partial charge in [-0.3, -0.25) is 0 Å². The Balaban J connectivity index is 1.94. The Labute approximate surface area is 138 Å². The summed E-state index contributed by atoms with van der Waals surface area (Å²) in [7, 11) is 0. The van der Waals surface area contributed by atoms with Gasteiger partial charge < -0.3 is 0 Å². The summed E-state index contributed by atoms with van der Waals surface area (Å²) in [6, 6.07) is 14.7. The van der Waals surface area contributed by atoms with Crippen LogP contribution in [0, 0.1) is 5.82 Å². The summed E-state index contributed by atoms with van der Waals surface area (Å²) in [6.07, 6.45) is 3.64. The van der Waals surface area contributed by atoms with E-state index in [0.717, 1.165) is 15.7 Å². The van der Waals surface area contributed by atoms with Crippen LogP contribution >= 0.6 is 31.9 Å². The number of benzene rings is 2. The van der Waals surface area contributed by atoms with Crippen molar-refractivity contribution >= 4 is 31.9 Å². The third-order valence-corrected chi connectivity index (χ3v) is 4.66. The van der Waals surface area contributed by atoms with Crippen molar-refractivity contribution < 1.29 is 4.39 Å². The predicted octanol–water partition coefficient (Wildman–Crippen LogP) is 5.26. The normalized spacial score (nSPS) is 12.3. The summed E-state index contributed by atoms with van der Waals surface area (Å²) in [5.74, 6) is -0.243. The van der Waals surface area contributed by atoms with Crippen molar-refractivity contribution in [1.82, 2.24) is 9.78 Å². The molecule has 1 atom stereocenters. The molecule has 1 heterocycles. The van der Waals surface area contributed by atoms with E-state index >= 15 is 0 Å². The molecule has 106 valence electrons. The van der Waals surface area contributed by atoms with Crippen molar-refractivity contribution in [2.24, 2.45) is 0 Å². The Morgan fingerprint density at radius 2 is 1.86 bits per heavy atom. The first-order valence-electron chi connectivity index (χ1n) is 6.34. The van der Waals surface area contributed by atoms with Gasteiger partial charge in [0, 0.05) is 21.8 Å². The second kappa shape index (κ2) is 6.12. The SMILES string of the molecule is Fc1ccc(Br)cc1C(Br)c1cnn(-c2ccccc2)c1. The first-order chi connectivity index (χ1) is 10.1. The van der Waals surface area contributed by atoms with Gasteiger partial charge in [-0.05, 0) is 30.3 Å². The van der Waals surface area contributed by atoms with Crippen molar-refractivity contribution in [3.63, 3.8) is 0 Å². The van der Waals surface area contributed by atoms with Crippen LogP contribution in [0.1, 0.15) is 16.0 Å². The molecule has 0 aliphatic heterocycles. The number of nitrogens with zero attached hydrogens (tertiary/aromatic N) is 2. The lowest BCUT2D eigenvalue weighted by Crippen LogP contribution is -1.96. The summed E-state index contributed by atoms with van der Waals surface area (Å²) >= 11 is 6.92. The molecule has 0 aliphatic carbocycles. The zero-order valence-corrected chi connectivity index (χ0v) is 14.1. The fourth-order valence-corrected chi connectivity index (χ4v) is 3.04. The van der Waals surface area contributed by atoms with Crippen LogP contribution in [0.5, 0.6) is 0 Å². The Morgan fingerprint density at radius 3 is 2.62 bits per heavy atom. The molecule has 0 aliphatic rings. The topological polar surface area (TPSA) is 17.8 Å². The average molecular weight is 410 g/mol. The highest BCUT2D eigenvalue weighted by Gasteiger charge is 2.17. The standard InChI is InChI=1S/C16H11Br2FN2/c17-12-6-7-15(19)14(8-12)16(18)11-9-20-21(10-11)13-4-2-1-3-5-13/h1-10,16H. The zero-order chi connectivity index (χ0) is 14.8. The van der Waals surface area contributed by atoms with Gasteiger partial charge in [0.1, 0.15) is 5.82 Å². The van der Waals surface area contributed by atoms with Gasteiger partial charge in [-0.25, -0.2) is 9.07 Å². The minimum Gasteiger partial charge on any atom is -0.241 e. The lowest BCUT2D eigenvalue weighted by atomic mass is 10.1. The van der Waals surface area contributed by atoms with Crippen molar-refractivity contribution in [2.75, 3.05) is 0 Å². The average Bonchev–Trinajstić information content (AvgIpc) is 3.00. The van der Waals surface area contributed by atoms with E-state index in [0.29, 0.717) is 5.56 Å². The highest BCUT2D eigenvalue weighted by atomic mass is 79.9. The first kappa shape index (κ1) is 14.5. The lowest BCUT2D eigenvalue weighted by molar-refractivity contribution is 0.613. The summed E-state index contributed by atoms with van der Waals surface area (Å²) in [4.78, 5) is -0.243. The van der Waals surface area contributed by atoms with Gasteiger partial charge in [-0.15, -0.1) is 0 Å². The summed E-state index contributed by atoms with van der Waals surface area (Å²) in [5.41, 5.74) is 2.45. The number of rotatable bonds is 3. The van der Waals surface area contributed by atoms with Gasteiger partial charge in [-0.2, -0.15) is 5.10 Å². The molecule has 2 aromatic carbocycles. The molecule has 0 amide bonds. The molecular weight excluding hydrogens is 399 g/mol. The van der Waals surface area contributed by atoms with E-state index in [2.05, 4.69) is 37.0 Å². The zero-order valence-electron chi connectivity index (χ0n) is 10.9. The maximum Gasteiger partial charge on any atom is 0.127 e. The van der Waals surface area contributed by atoms with E-state index in [9.17, 15) is 4.39 Å². The van der Waals surface area contributed by atoms with Crippen molar-refractivity contribution in [1.29, 1.82) is 0 Å². The van der Waals surface area contributed by atoms with Crippen molar-refractivity contribution in [3.05, 3.63) is 82.3 Å².